The van der Waals surface area contributed by atoms with Crippen LogP contribution in [0.4, 0.5) is 8.78 Å². The normalized spacial score (nSPS) is 11.9. The average Bonchev–Trinajstić information content (AvgIpc) is 2.46. The van der Waals surface area contributed by atoms with Crippen LogP contribution in [-0.2, 0) is 12.8 Å². The Bertz CT molecular complexity index is 591. The minimum absolute atomic E-state index is 0.0897. The van der Waals surface area contributed by atoms with Crippen molar-refractivity contribution in [3.8, 4) is 0 Å². The average molecular weight is 333 g/mol. The van der Waals surface area contributed by atoms with Gasteiger partial charge >= 0.3 is 0 Å². The van der Waals surface area contributed by atoms with E-state index in [1.165, 1.54) is 6.07 Å². The summed E-state index contributed by atoms with van der Waals surface area (Å²) in [6.45, 7) is 9.77. The van der Waals surface area contributed by atoms with Crippen molar-refractivity contribution in [3.63, 3.8) is 0 Å². The predicted molar refractivity (Wildman–Crippen MR) is 98.2 cm³/mol. The number of halogens is 2. The molecule has 0 spiro atoms. The molecule has 0 fully saturated rings. The molecule has 2 rings (SSSR count). The highest BCUT2D eigenvalue weighted by Gasteiger charge is 2.01. The minimum atomic E-state index is -0.150. The lowest BCUT2D eigenvalue weighted by molar-refractivity contribution is 0.605. The molecule has 0 aliphatic heterocycles. The molecule has 1 nitrogen and oxygen atoms in total. The molecule has 0 aliphatic rings. The zero-order valence-electron chi connectivity index (χ0n) is 15.4. The van der Waals surface area contributed by atoms with E-state index >= 15 is 0 Å². The Kier molecular flexibility index (Phi) is 8.06. The number of hydrogen-bond donors (Lipinski definition) is 1. The van der Waals surface area contributed by atoms with Crippen molar-refractivity contribution in [2.75, 3.05) is 0 Å². The molecule has 2 aromatic carbocycles. The van der Waals surface area contributed by atoms with Crippen LogP contribution in [0.5, 0.6) is 0 Å². The molecular formula is C21H29F2N. The molecule has 0 aliphatic carbocycles. The Balaban J connectivity index is 0.000000240. The van der Waals surface area contributed by atoms with E-state index in [1.807, 2.05) is 25.1 Å². The van der Waals surface area contributed by atoms with Crippen LogP contribution in [0.3, 0.4) is 0 Å². The van der Waals surface area contributed by atoms with Crippen molar-refractivity contribution >= 4 is 0 Å². The maximum absolute atomic E-state index is 13.0. The number of aryl methyl sites for hydroxylation is 2. The van der Waals surface area contributed by atoms with Gasteiger partial charge in [-0.25, -0.2) is 8.78 Å². The largest absolute Gasteiger partial charge is 0.328 e. The standard InChI is InChI=1S/C11H15F.C10H14FN/c1-8(2)6-10-5-4-9(3)11(12)7-10;1-7-5-9(6-8(2)12)3-4-10(7)11/h4-5,7-8H,6H2,1-3H3;3-5,8H,6,12H2,1-2H3. The van der Waals surface area contributed by atoms with Crippen molar-refractivity contribution in [2.45, 2.75) is 53.5 Å². The van der Waals surface area contributed by atoms with Gasteiger partial charge in [0.1, 0.15) is 11.6 Å². The topological polar surface area (TPSA) is 26.0 Å². The summed E-state index contributed by atoms with van der Waals surface area (Å²) in [5.74, 6) is 0.351. The lowest BCUT2D eigenvalue weighted by atomic mass is 10.0. The second-order valence-electron chi connectivity index (χ2n) is 6.95. The first-order valence-electron chi connectivity index (χ1n) is 8.44. The van der Waals surface area contributed by atoms with Gasteiger partial charge in [-0.2, -0.15) is 0 Å². The molecule has 2 aromatic rings. The van der Waals surface area contributed by atoms with Gasteiger partial charge in [0.25, 0.3) is 0 Å². The SMILES string of the molecule is Cc1cc(CC(C)N)ccc1F.Cc1ccc(CC(C)C)cc1F. The summed E-state index contributed by atoms with van der Waals surface area (Å²) in [7, 11) is 0. The van der Waals surface area contributed by atoms with Gasteiger partial charge in [-0.15, -0.1) is 0 Å². The molecule has 0 heterocycles. The fourth-order valence-electron chi connectivity index (χ4n) is 2.44. The van der Waals surface area contributed by atoms with Crippen molar-refractivity contribution < 1.29 is 8.78 Å². The summed E-state index contributed by atoms with van der Waals surface area (Å²) >= 11 is 0. The van der Waals surface area contributed by atoms with E-state index in [9.17, 15) is 8.78 Å². The fraction of sp³-hybridized carbons (Fsp3) is 0.429. The molecule has 1 unspecified atom stereocenters. The smallest absolute Gasteiger partial charge is 0.126 e. The molecule has 132 valence electrons. The zero-order valence-corrected chi connectivity index (χ0v) is 15.4. The number of benzene rings is 2. The first kappa shape index (κ1) is 20.3. The van der Waals surface area contributed by atoms with Crippen LogP contribution in [0, 0.1) is 31.4 Å². The maximum atomic E-state index is 13.0. The molecule has 0 saturated carbocycles. The quantitative estimate of drug-likeness (QED) is 0.801. The Hall–Kier alpha value is -1.74. The van der Waals surface area contributed by atoms with Crippen molar-refractivity contribution in [3.05, 3.63) is 70.3 Å². The third-order valence-electron chi connectivity index (χ3n) is 3.66. The number of hydrogen-bond acceptors (Lipinski definition) is 1. The Labute approximate surface area is 144 Å². The molecule has 0 radical (unpaired) electrons. The highest BCUT2D eigenvalue weighted by Crippen LogP contribution is 2.13. The molecule has 0 bridgehead atoms. The maximum Gasteiger partial charge on any atom is 0.126 e. The van der Waals surface area contributed by atoms with E-state index in [4.69, 9.17) is 5.73 Å². The monoisotopic (exact) mass is 333 g/mol. The van der Waals surface area contributed by atoms with Gasteiger partial charge < -0.3 is 5.73 Å². The second-order valence-corrected chi connectivity index (χ2v) is 6.95. The molecular weight excluding hydrogens is 304 g/mol. The molecule has 2 N–H and O–H groups in total. The summed E-state index contributed by atoms with van der Waals surface area (Å²) < 4.78 is 25.8. The van der Waals surface area contributed by atoms with E-state index in [-0.39, 0.29) is 17.7 Å². The van der Waals surface area contributed by atoms with Gasteiger partial charge in [0.2, 0.25) is 0 Å². The molecule has 24 heavy (non-hydrogen) atoms. The van der Waals surface area contributed by atoms with Crippen molar-refractivity contribution in [1.29, 1.82) is 0 Å². The van der Waals surface area contributed by atoms with Crippen LogP contribution in [0.15, 0.2) is 36.4 Å². The highest BCUT2D eigenvalue weighted by molar-refractivity contribution is 5.24. The second kappa shape index (κ2) is 9.53. The summed E-state index contributed by atoms with van der Waals surface area (Å²) in [4.78, 5) is 0. The minimum Gasteiger partial charge on any atom is -0.328 e. The van der Waals surface area contributed by atoms with Crippen LogP contribution >= 0.6 is 0 Å². The number of nitrogens with two attached hydrogens (primary N) is 1. The van der Waals surface area contributed by atoms with Crippen LogP contribution in [0.2, 0.25) is 0 Å². The van der Waals surface area contributed by atoms with E-state index in [2.05, 4.69) is 13.8 Å². The third-order valence-corrected chi connectivity index (χ3v) is 3.66. The highest BCUT2D eigenvalue weighted by atomic mass is 19.1. The van der Waals surface area contributed by atoms with E-state index in [0.717, 1.165) is 29.5 Å². The van der Waals surface area contributed by atoms with Gasteiger partial charge in [0, 0.05) is 6.04 Å². The first-order valence-corrected chi connectivity index (χ1v) is 8.44. The Morgan fingerprint density at radius 3 is 1.88 bits per heavy atom. The summed E-state index contributed by atoms with van der Waals surface area (Å²) in [5.41, 5.74) is 9.22. The Morgan fingerprint density at radius 2 is 1.38 bits per heavy atom. The van der Waals surface area contributed by atoms with Crippen LogP contribution in [-0.4, -0.2) is 6.04 Å². The van der Waals surface area contributed by atoms with Gasteiger partial charge in [0.05, 0.1) is 0 Å². The van der Waals surface area contributed by atoms with Crippen molar-refractivity contribution in [1.82, 2.24) is 0 Å². The predicted octanol–water partition coefficient (Wildman–Crippen LogP) is 5.36. The van der Waals surface area contributed by atoms with Crippen LogP contribution in [0.25, 0.3) is 0 Å². The summed E-state index contributed by atoms with van der Waals surface area (Å²) in [6.07, 6.45) is 1.76. The molecule has 0 saturated heterocycles. The van der Waals surface area contributed by atoms with Crippen molar-refractivity contribution in [2.24, 2.45) is 11.7 Å². The van der Waals surface area contributed by atoms with Crippen LogP contribution < -0.4 is 5.73 Å². The van der Waals surface area contributed by atoms with Gasteiger partial charge in [0.15, 0.2) is 0 Å². The van der Waals surface area contributed by atoms with Gasteiger partial charge in [-0.05, 0) is 73.9 Å². The molecule has 1 atom stereocenters. The molecule has 3 heteroatoms. The lowest BCUT2D eigenvalue weighted by Crippen LogP contribution is -2.17. The third kappa shape index (κ3) is 7.22. The molecule has 0 aromatic heterocycles. The fourth-order valence-corrected chi connectivity index (χ4v) is 2.44. The van der Waals surface area contributed by atoms with Gasteiger partial charge in [-0.3, -0.25) is 0 Å². The summed E-state index contributed by atoms with van der Waals surface area (Å²) in [6, 6.07) is 10.7. The number of rotatable bonds is 4. The van der Waals surface area contributed by atoms with E-state index < -0.39 is 0 Å². The summed E-state index contributed by atoms with van der Waals surface area (Å²) in [5, 5.41) is 0. The van der Waals surface area contributed by atoms with Gasteiger partial charge in [-0.1, -0.05) is 38.1 Å². The van der Waals surface area contributed by atoms with E-state index in [0.29, 0.717) is 11.5 Å². The Morgan fingerprint density at radius 1 is 0.792 bits per heavy atom. The first-order chi connectivity index (χ1) is 11.2. The lowest BCUT2D eigenvalue weighted by Gasteiger charge is -2.05. The zero-order chi connectivity index (χ0) is 18.3. The molecule has 0 amide bonds. The van der Waals surface area contributed by atoms with Crippen LogP contribution in [0.1, 0.15) is 43.0 Å². The van der Waals surface area contributed by atoms with E-state index in [1.54, 1.807) is 26.0 Å².